The van der Waals surface area contributed by atoms with Crippen LogP contribution in [-0.4, -0.2) is 25.9 Å². The molecule has 10 heavy (non-hydrogen) atoms. The Hall–Kier alpha value is -0.0800. The van der Waals surface area contributed by atoms with Crippen molar-refractivity contribution in [3.05, 3.63) is 0 Å². The molecule has 1 saturated heterocycles. The van der Waals surface area contributed by atoms with Gasteiger partial charge in [-0.25, -0.2) is 0 Å². The maximum Gasteiger partial charge on any atom is 0.0955 e. The maximum atomic E-state index is 5.44. The van der Waals surface area contributed by atoms with Gasteiger partial charge >= 0.3 is 0 Å². The molecule has 0 radical (unpaired) electrons. The van der Waals surface area contributed by atoms with Crippen LogP contribution in [0.15, 0.2) is 0 Å². The molecule has 0 aromatic carbocycles. The molecule has 0 bridgehead atoms. The van der Waals surface area contributed by atoms with Gasteiger partial charge in [0.15, 0.2) is 0 Å². The summed E-state index contributed by atoms with van der Waals surface area (Å²) >= 11 is 0. The van der Waals surface area contributed by atoms with Crippen LogP contribution in [0.3, 0.4) is 0 Å². The van der Waals surface area contributed by atoms with Gasteiger partial charge in [-0.15, -0.1) is 0 Å². The molecular formula is C8H16O2. The number of ether oxygens (including phenoxy) is 2. The Morgan fingerprint density at radius 2 is 2.20 bits per heavy atom. The molecule has 0 aromatic heterocycles. The minimum absolute atomic E-state index is 0.0139. The van der Waals surface area contributed by atoms with E-state index in [2.05, 4.69) is 13.8 Å². The van der Waals surface area contributed by atoms with Crippen LogP contribution in [0.5, 0.6) is 0 Å². The number of hydrogen-bond donors (Lipinski definition) is 0. The van der Waals surface area contributed by atoms with Crippen molar-refractivity contribution in [1.82, 2.24) is 0 Å². The molecule has 1 rings (SSSR count). The molecular weight excluding hydrogens is 128 g/mol. The summed E-state index contributed by atoms with van der Waals surface area (Å²) in [7, 11) is 1.77. The molecule has 0 aromatic rings. The lowest BCUT2D eigenvalue weighted by Crippen LogP contribution is -2.37. The van der Waals surface area contributed by atoms with Gasteiger partial charge in [-0.1, -0.05) is 13.8 Å². The van der Waals surface area contributed by atoms with Crippen molar-refractivity contribution in [3.63, 3.8) is 0 Å². The Bertz CT molecular complexity index is 104. The summed E-state index contributed by atoms with van der Waals surface area (Å²) in [5.41, 5.74) is 0.0139. The fourth-order valence-corrected chi connectivity index (χ4v) is 1.41. The summed E-state index contributed by atoms with van der Waals surface area (Å²) in [5, 5.41) is 0. The quantitative estimate of drug-likeness (QED) is 0.584. The third-order valence-electron chi connectivity index (χ3n) is 2.47. The lowest BCUT2D eigenvalue weighted by atomic mass is 9.89. The first-order chi connectivity index (χ1) is 4.71. The molecule has 0 unspecified atom stereocenters. The summed E-state index contributed by atoms with van der Waals surface area (Å²) < 4.78 is 10.7. The van der Waals surface area contributed by atoms with E-state index in [0.717, 1.165) is 19.6 Å². The second kappa shape index (κ2) is 2.89. The maximum absolute atomic E-state index is 5.44. The van der Waals surface area contributed by atoms with Crippen LogP contribution in [0.2, 0.25) is 0 Å². The molecule has 60 valence electrons. The fraction of sp³-hybridized carbons (Fsp3) is 1.00. The topological polar surface area (TPSA) is 18.5 Å². The molecule has 1 heterocycles. The van der Waals surface area contributed by atoms with Crippen molar-refractivity contribution in [3.8, 4) is 0 Å². The van der Waals surface area contributed by atoms with Crippen molar-refractivity contribution < 1.29 is 9.47 Å². The first-order valence-electron chi connectivity index (χ1n) is 3.84. The molecule has 0 spiro atoms. The van der Waals surface area contributed by atoms with Crippen LogP contribution in [0.25, 0.3) is 0 Å². The van der Waals surface area contributed by atoms with Gasteiger partial charge in [-0.3, -0.25) is 0 Å². The first-order valence-corrected chi connectivity index (χ1v) is 3.84. The molecule has 1 aliphatic rings. The van der Waals surface area contributed by atoms with Gasteiger partial charge < -0.3 is 9.47 Å². The highest BCUT2D eigenvalue weighted by atomic mass is 16.5. The van der Waals surface area contributed by atoms with Crippen LogP contribution in [0.1, 0.15) is 20.3 Å². The smallest absolute Gasteiger partial charge is 0.0955 e. The van der Waals surface area contributed by atoms with E-state index in [-0.39, 0.29) is 5.60 Å². The van der Waals surface area contributed by atoms with Gasteiger partial charge in [0.1, 0.15) is 0 Å². The Labute approximate surface area is 62.5 Å². The lowest BCUT2D eigenvalue weighted by molar-refractivity contribution is -0.0511. The standard InChI is InChI=1S/C8H16O2/c1-7(2)8(9-3)4-5-10-6-8/h7H,4-6H2,1-3H3/t8-/m1/s1. The molecule has 1 aliphatic heterocycles. The normalized spacial score (nSPS) is 33.6. The molecule has 2 nitrogen and oxygen atoms in total. The largest absolute Gasteiger partial charge is 0.378 e. The zero-order valence-electron chi connectivity index (χ0n) is 7.02. The molecule has 0 aliphatic carbocycles. The average Bonchev–Trinajstić information content (AvgIpc) is 2.35. The fourth-order valence-electron chi connectivity index (χ4n) is 1.41. The predicted octanol–water partition coefficient (Wildman–Crippen LogP) is 1.45. The zero-order valence-corrected chi connectivity index (χ0v) is 7.02. The Balaban J connectivity index is 2.58. The van der Waals surface area contributed by atoms with Crippen molar-refractivity contribution >= 4 is 0 Å². The molecule has 0 amide bonds. The summed E-state index contributed by atoms with van der Waals surface area (Å²) in [5.74, 6) is 0.556. The predicted molar refractivity (Wildman–Crippen MR) is 40.0 cm³/mol. The Morgan fingerprint density at radius 3 is 2.40 bits per heavy atom. The van der Waals surface area contributed by atoms with E-state index in [1.807, 2.05) is 0 Å². The minimum atomic E-state index is 0.0139. The summed E-state index contributed by atoms with van der Waals surface area (Å²) in [6.07, 6.45) is 1.04. The highest BCUT2D eigenvalue weighted by Crippen LogP contribution is 2.29. The number of methoxy groups -OCH3 is 1. The second-order valence-corrected chi connectivity index (χ2v) is 3.23. The highest BCUT2D eigenvalue weighted by molar-refractivity contribution is 4.87. The van der Waals surface area contributed by atoms with E-state index >= 15 is 0 Å². The summed E-state index contributed by atoms with van der Waals surface area (Å²) in [4.78, 5) is 0. The van der Waals surface area contributed by atoms with Gasteiger partial charge in [-0.05, 0) is 5.92 Å². The van der Waals surface area contributed by atoms with E-state index in [9.17, 15) is 0 Å². The Morgan fingerprint density at radius 1 is 1.50 bits per heavy atom. The van der Waals surface area contributed by atoms with Crippen LogP contribution in [-0.2, 0) is 9.47 Å². The third kappa shape index (κ3) is 1.18. The van der Waals surface area contributed by atoms with Crippen LogP contribution < -0.4 is 0 Å². The van der Waals surface area contributed by atoms with Gasteiger partial charge in [0.2, 0.25) is 0 Å². The summed E-state index contributed by atoms with van der Waals surface area (Å²) in [6, 6.07) is 0. The lowest BCUT2D eigenvalue weighted by Gasteiger charge is -2.29. The van der Waals surface area contributed by atoms with E-state index in [1.54, 1.807) is 7.11 Å². The van der Waals surface area contributed by atoms with Gasteiger partial charge in [-0.2, -0.15) is 0 Å². The van der Waals surface area contributed by atoms with Crippen LogP contribution in [0, 0.1) is 5.92 Å². The molecule has 1 fully saturated rings. The molecule has 2 heteroatoms. The van der Waals surface area contributed by atoms with E-state index < -0.39 is 0 Å². The Kier molecular flexibility index (Phi) is 2.32. The highest BCUT2D eigenvalue weighted by Gasteiger charge is 2.37. The van der Waals surface area contributed by atoms with Gasteiger partial charge in [0.25, 0.3) is 0 Å². The molecule has 0 N–H and O–H groups in total. The zero-order chi connectivity index (χ0) is 7.61. The van der Waals surface area contributed by atoms with Crippen molar-refractivity contribution in [2.45, 2.75) is 25.9 Å². The minimum Gasteiger partial charge on any atom is -0.378 e. The number of hydrogen-bond acceptors (Lipinski definition) is 2. The monoisotopic (exact) mass is 144 g/mol. The summed E-state index contributed by atoms with van der Waals surface area (Å²) in [6.45, 7) is 5.98. The van der Waals surface area contributed by atoms with Crippen molar-refractivity contribution in [1.29, 1.82) is 0 Å². The van der Waals surface area contributed by atoms with E-state index in [1.165, 1.54) is 0 Å². The second-order valence-electron chi connectivity index (χ2n) is 3.23. The average molecular weight is 144 g/mol. The van der Waals surface area contributed by atoms with Gasteiger partial charge in [0, 0.05) is 20.1 Å². The van der Waals surface area contributed by atoms with E-state index in [4.69, 9.17) is 9.47 Å². The SMILES string of the molecule is CO[C@]1(C(C)C)CCOC1. The van der Waals surface area contributed by atoms with E-state index in [0.29, 0.717) is 5.92 Å². The third-order valence-corrected chi connectivity index (χ3v) is 2.47. The van der Waals surface area contributed by atoms with Crippen LogP contribution in [0.4, 0.5) is 0 Å². The first kappa shape index (κ1) is 8.02. The van der Waals surface area contributed by atoms with Gasteiger partial charge in [0.05, 0.1) is 12.2 Å². The molecule has 1 atom stereocenters. The van der Waals surface area contributed by atoms with Crippen LogP contribution >= 0.6 is 0 Å². The van der Waals surface area contributed by atoms with Crippen molar-refractivity contribution in [2.24, 2.45) is 5.92 Å². The molecule has 0 saturated carbocycles. The van der Waals surface area contributed by atoms with Crippen molar-refractivity contribution in [2.75, 3.05) is 20.3 Å². The number of rotatable bonds is 2.